The monoisotopic (exact) mass is 288 g/mol. The Kier molecular flexibility index (Phi) is 4.15. The molecule has 3 rings (SSSR count). The molecule has 1 heterocycles. The minimum absolute atomic E-state index is 0.0448. The first-order valence-corrected chi connectivity index (χ1v) is 7.97. The molecule has 2 atom stereocenters. The van der Waals surface area contributed by atoms with Crippen molar-refractivity contribution in [2.45, 2.75) is 51.2 Å². The molecular weight excluding hydrogens is 264 g/mol. The molecule has 1 aliphatic heterocycles. The van der Waals surface area contributed by atoms with Crippen molar-refractivity contribution in [3.05, 3.63) is 29.8 Å². The molecule has 1 saturated carbocycles. The first kappa shape index (κ1) is 14.4. The van der Waals surface area contributed by atoms with Gasteiger partial charge in [0.05, 0.1) is 6.04 Å². The van der Waals surface area contributed by atoms with Crippen LogP contribution in [-0.2, 0) is 11.3 Å². The first-order chi connectivity index (χ1) is 10.1. The van der Waals surface area contributed by atoms with Gasteiger partial charge in [-0.2, -0.15) is 0 Å². The van der Waals surface area contributed by atoms with Gasteiger partial charge in [0.2, 0.25) is 5.91 Å². The number of hydrogen-bond acceptors (Lipinski definition) is 3. The fraction of sp³-hybridized carbons (Fsp3) is 0.588. The number of phenolic OH excluding ortho intramolecular Hbond substituents is 1. The summed E-state index contributed by atoms with van der Waals surface area (Å²) in [6, 6.07) is 7.56. The summed E-state index contributed by atoms with van der Waals surface area (Å²) in [6.07, 6.45) is 4.48. The molecule has 2 aliphatic rings. The van der Waals surface area contributed by atoms with E-state index in [1.165, 1.54) is 0 Å². The summed E-state index contributed by atoms with van der Waals surface area (Å²) in [6.45, 7) is 3.70. The van der Waals surface area contributed by atoms with E-state index >= 15 is 0 Å². The van der Waals surface area contributed by atoms with Gasteiger partial charge in [-0.3, -0.25) is 4.79 Å². The summed E-state index contributed by atoms with van der Waals surface area (Å²) in [5, 5.41) is 13.0. The fourth-order valence-electron chi connectivity index (χ4n) is 3.18. The average molecular weight is 288 g/mol. The van der Waals surface area contributed by atoms with Crippen LogP contribution in [0.15, 0.2) is 24.3 Å². The second-order valence-corrected chi connectivity index (χ2v) is 6.42. The third kappa shape index (κ3) is 3.38. The highest BCUT2D eigenvalue weighted by atomic mass is 16.3. The third-order valence-corrected chi connectivity index (χ3v) is 4.57. The number of aromatic hydroxyl groups is 1. The Hall–Kier alpha value is -1.55. The summed E-state index contributed by atoms with van der Waals surface area (Å²) in [4.78, 5) is 14.9. The molecular formula is C17H24N2O2. The lowest BCUT2D eigenvalue weighted by Crippen LogP contribution is -2.52. The van der Waals surface area contributed by atoms with Crippen molar-refractivity contribution in [3.8, 4) is 5.75 Å². The second-order valence-electron chi connectivity index (χ2n) is 6.42. The Bertz CT molecular complexity index is 513. The molecule has 4 heteroatoms. The Labute approximate surface area is 126 Å². The molecule has 0 radical (unpaired) electrons. The predicted molar refractivity (Wildman–Crippen MR) is 81.9 cm³/mol. The third-order valence-electron chi connectivity index (χ3n) is 4.57. The van der Waals surface area contributed by atoms with Gasteiger partial charge in [0.25, 0.3) is 0 Å². The normalized spacial score (nSPS) is 25.6. The van der Waals surface area contributed by atoms with Crippen LogP contribution in [0.1, 0.15) is 38.2 Å². The predicted octanol–water partition coefficient (Wildman–Crippen LogP) is 2.27. The van der Waals surface area contributed by atoms with E-state index in [4.69, 9.17) is 0 Å². The van der Waals surface area contributed by atoms with Gasteiger partial charge in [0, 0.05) is 12.6 Å². The number of carbonyl (C=O) groups excluding carboxylic acids is 1. The van der Waals surface area contributed by atoms with E-state index in [1.54, 1.807) is 12.1 Å². The van der Waals surface area contributed by atoms with Crippen LogP contribution >= 0.6 is 0 Å². The van der Waals surface area contributed by atoms with Gasteiger partial charge in [-0.05, 0) is 55.8 Å². The number of piperidine rings is 1. The molecule has 1 aromatic rings. The van der Waals surface area contributed by atoms with Gasteiger partial charge in [-0.1, -0.05) is 19.1 Å². The highest BCUT2D eigenvalue weighted by molar-refractivity contribution is 5.83. The van der Waals surface area contributed by atoms with Crippen LogP contribution in [0.2, 0.25) is 0 Å². The Morgan fingerprint density at radius 1 is 1.38 bits per heavy atom. The number of amides is 1. The molecule has 0 spiro atoms. The average Bonchev–Trinajstić information content (AvgIpc) is 3.29. The molecule has 2 unspecified atom stereocenters. The number of hydrogen-bond donors (Lipinski definition) is 2. The molecule has 4 nitrogen and oxygen atoms in total. The lowest BCUT2D eigenvalue weighted by molar-refractivity contribution is -0.136. The van der Waals surface area contributed by atoms with Crippen LogP contribution in [-0.4, -0.2) is 34.5 Å². The highest BCUT2D eigenvalue weighted by Gasteiger charge is 2.38. The smallest absolute Gasteiger partial charge is 0.240 e. The van der Waals surface area contributed by atoms with Gasteiger partial charge in [-0.15, -0.1) is 0 Å². The van der Waals surface area contributed by atoms with E-state index < -0.39 is 0 Å². The van der Waals surface area contributed by atoms with Gasteiger partial charge < -0.3 is 15.3 Å². The molecule has 21 heavy (non-hydrogen) atoms. The van der Waals surface area contributed by atoms with E-state index in [1.807, 2.05) is 17.0 Å². The summed E-state index contributed by atoms with van der Waals surface area (Å²) in [5.74, 6) is 0.893. The summed E-state index contributed by atoms with van der Waals surface area (Å²) in [7, 11) is 0. The van der Waals surface area contributed by atoms with Crippen LogP contribution in [0.5, 0.6) is 5.75 Å². The molecule has 114 valence electrons. The van der Waals surface area contributed by atoms with E-state index in [0.717, 1.165) is 37.8 Å². The molecule has 1 amide bonds. The minimum Gasteiger partial charge on any atom is -0.508 e. The molecule has 2 N–H and O–H groups in total. The van der Waals surface area contributed by atoms with Crippen molar-refractivity contribution < 1.29 is 9.90 Å². The zero-order valence-electron chi connectivity index (χ0n) is 12.6. The highest BCUT2D eigenvalue weighted by Crippen LogP contribution is 2.31. The van der Waals surface area contributed by atoms with Crippen molar-refractivity contribution in [1.82, 2.24) is 10.2 Å². The summed E-state index contributed by atoms with van der Waals surface area (Å²) in [5.41, 5.74) is 0.999. The van der Waals surface area contributed by atoms with Gasteiger partial charge in [0.1, 0.15) is 5.75 Å². The maximum absolute atomic E-state index is 12.9. The first-order valence-electron chi connectivity index (χ1n) is 7.97. The fourth-order valence-corrected chi connectivity index (χ4v) is 3.18. The van der Waals surface area contributed by atoms with Crippen molar-refractivity contribution >= 4 is 5.91 Å². The molecule has 2 fully saturated rings. The van der Waals surface area contributed by atoms with Crippen molar-refractivity contribution in [3.63, 3.8) is 0 Å². The Morgan fingerprint density at radius 3 is 2.86 bits per heavy atom. The zero-order valence-corrected chi connectivity index (χ0v) is 12.6. The maximum atomic E-state index is 12.9. The standard InChI is InChI=1S/C17H24N2O2/c1-12-4-3-9-18-16(12)17(21)19(14-7-8-14)11-13-5-2-6-15(20)10-13/h2,5-6,10,12,14,16,18,20H,3-4,7-9,11H2,1H3. The van der Waals surface area contributed by atoms with Gasteiger partial charge in [-0.25, -0.2) is 0 Å². The number of carbonyl (C=O) groups is 1. The topological polar surface area (TPSA) is 52.6 Å². The Morgan fingerprint density at radius 2 is 2.19 bits per heavy atom. The van der Waals surface area contributed by atoms with Gasteiger partial charge >= 0.3 is 0 Å². The number of rotatable bonds is 4. The summed E-state index contributed by atoms with van der Waals surface area (Å²) >= 11 is 0. The number of nitrogens with zero attached hydrogens (tertiary/aromatic N) is 1. The van der Waals surface area contributed by atoms with E-state index in [2.05, 4.69) is 12.2 Å². The second kappa shape index (κ2) is 6.06. The number of phenols is 1. The van der Waals surface area contributed by atoms with Crippen molar-refractivity contribution in [2.24, 2.45) is 5.92 Å². The lowest BCUT2D eigenvalue weighted by atomic mass is 9.91. The largest absolute Gasteiger partial charge is 0.508 e. The van der Waals surface area contributed by atoms with Gasteiger partial charge in [0.15, 0.2) is 0 Å². The van der Waals surface area contributed by atoms with Crippen LogP contribution in [0.4, 0.5) is 0 Å². The number of nitrogens with one attached hydrogen (secondary N) is 1. The lowest BCUT2D eigenvalue weighted by Gasteiger charge is -2.34. The Balaban J connectivity index is 1.73. The quantitative estimate of drug-likeness (QED) is 0.893. The van der Waals surface area contributed by atoms with E-state index in [0.29, 0.717) is 18.5 Å². The van der Waals surface area contributed by atoms with Crippen molar-refractivity contribution in [1.29, 1.82) is 0 Å². The molecule has 0 bridgehead atoms. The molecule has 1 saturated heterocycles. The van der Waals surface area contributed by atoms with E-state index in [9.17, 15) is 9.90 Å². The molecule has 1 aromatic carbocycles. The molecule has 1 aliphatic carbocycles. The van der Waals surface area contributed by atoms with E-state index in [-0.39, 0.29) is 17.7 Å². The summed E-state index contributed by atoms with van der Waals surface area (Å²) < 4.78 is 0. The SMILES string of the molecule is CC1CCCNC1C(=O)N(Cc1cccc(O)c1)C1CC1. The molecule has 0 aromatic heterocycles. The van der Waals surface area contributed by atoms with Crippen LogP contribution in [0.25, 0.3) is 0 Å². The zero-order chi connectivity index (χ0) is 14.8. The maximum Gasteiger partial charge on any atom is 0.240 e. The van der Waals surface area contributed by atoms with Crippen molar-refractivity contribution in [2.75, 3.05) is 6.54 Å². The van der Waals surface area contributed by atoms with Crippen LogP contribution in [0, 0.1) is 5.92 Å². The van der Waals surface area contributed by atoms with Crippen LogP contribution < -0.4 is 5.32 Å². The minimum atomic E-state index is -0.0448. The number of benzene rings is 1. The van der Waals surface area contributed by atoms with Crippen LogP contribution in [0.3, 0.4) is 0 Å².